The lowest BCUT2D eigenvalue weighted by atomic mass is 10.0. The summed E-state index contributed by atoms with van der Waals surface area (Å²) < 4.78 is 42.8. The monoisotopic (exact) mass is 520 g/mol. The van der Waals surface area contributed by atoms with Crippen molar-refractivity contribution < 1.29 is 18.0 Å². The maximum Gasteiger partial charge on any atom is 0.410 e. The van der Waals surface area contributed by atoms with Crippen molar-refractivity contribution in [2.75, 3.05) is 10.6 Å². The standard InChI is InChI=1S/C22H16BrF3N4OS/c23-18-19(21(31)28-14-8-3-6-12-5-1-2-7-13(12)14)29-30-17(22(24,25)26)11-15(27-20(18)30)16-9-4-10-32-16/h1-10,15,17,27H,11H2,(H,28,31)/t15-,17+/m0/s1. The van der Waals surface area contributed by atoms with Gasteiger partial charge >= 0.3 is 6.18 Å². The second-order valence-corrected chi connectivity index (χ2v) is 9.21. The van der Waals surface area contributed by atoms with Crippen molar-refractivity contribution in [3.8, 4) is 0 Å². The number of nitrogens with zero attached hydrogens (tertiary/aromatic N) is 2. The first-order valence-corrected chi connectivity index (χ1v) is 11.4. The molecule has 0 bridgehead atoms. The number of hydrogen-bond acceptors (Lipinski definition) is 4. The summed E-state index contributed by atoms with van der Waals surface area (Å²) >= 11 is 4.70. The van der Waals surface area contributed by atoms with Crippen LogP contribution in [0.1, 0.15) is 33.9 Å². The Hall–Kier alpha value is -2.85. The zero-order valence-corrected chi connectivity index (χ0v) is 18.8. The molecule has 1 amide bonds. The van der Waals surface area contributed by atoms with E-state index in [1.165, 1.54) is 11.3 Å². The zero-order chi connectivity index (χ0) is 22.5. The summed E-state index contributed by atoms with van der Waals surface area (Å²) in [7, 11) is 0. The van der Waals surface area contributed by atoms with Gasteiger partial charge in [-0.05, 0) is 38.8 Å². The summed E-state index contributed by atoms with van der Waals surface area (Å²) in [6.45, 7) is 0. The lowest BCUT2D eigenvalue weighted by molar-refractivity contribution is -0.173. The molecule has 164 valence electrons. The van der Waals surface area contributed by atoms with Crippen LogP contribution in [-0.4, -0.2) is 21.9 Å². The molecule has 2 atom stereocenters. The lowest BCUT2D eigenvalue weighted by Gasteiger charge is -2.33. The van der Waals surface area contributed by atoms with Gasteiger partial charge in [0, 0.05) is 22.4 Å². The fourth-order valence-electron chi connectivity index (χ4n) is 3.93. The highest BCUT2D eigenvalue weighted by molar-refractivity contribution is 9.10. The van der Waals surface area contributed by atoms with Gasteiger partial charge in [0.25, 0.3) is 5.91 Å². The van der Waals surface area contributed by atoms with Crippen molar-refractivity contribution in [3.63, 3.8) is 0 Å². The molecule has 0 unspecified atom stereocenters. The number of fused-ring (bicyclic) bond motifs is 2. The van der Waals surface area contributed by atoms with Crippen molar-refractivity contribution in [3.05, 3.63) is 75.0 Å². The van der Waals surface area contributed by atoms with Crippen LogP contribution in [0.4, 0.5) is 24.7 Å². The number of amides is 1. The molecule has 1 aliphatic heterocycles. The second-order valence-electron chi connectivity index (χ2n) is 7.44. The molecular formula is C22H16BrF3N4OS. The van der Waals surface area contributed by atoms with Crippen LogP contribution in [0.25, 0.3) is 10.8 Å². The van der Waals surface area contributed by atoms with Gasteiger partial charge in [-0.3, -0.25) is 4.79 Å². The highest BCUT2D eigenvalue weighted by Crippen LogP contribution is 2.47. The molecule has 2 N–H and O–H groups in total. The molecule has 2 aromatic carbocycles. The van der Waals surface area contributed by atoms with E-state index in [1.807, 2.05) is 35.7 Å². The molecule has 0 fully saturated rings. The average molecular weight is 521 g/mol. The predicted molar refractivity (Wildman–Crippen MR) is 122 cm³/mol. The smallest absolute Gasteiger partial charge is 0.362 e. The van der Waals surface area contributed by atoms with E-state index in [1.54, 1.807) is 24.3 Å². The highest BCUT2D eigenvalue weighted by Gasteiger charge is 2.48. The van der Waals surface area contributed by atoms with Gasteiger partial charge in [-0.25, -0.2) is 4.68 Å². The molecule has 1 aliphatic rings. The largest absolute Gasteiger partial charge is 0.410 e. The summed E-state index contributed by atoms with van der Waals surface area (Å²) in [5.74, 6) is -0.453. The van der Waals surface area contributed by atoms with Gasteiger partial charge in [-0.2, -0.15) is 18.3 Å². The Labute approximate surface area is 193 Å². The van der Waals surface area contributed by atoms with Crippen molar-refractivity contribution in [2.45, 2.75) is 24.7 Å². The zero-order valence-electron chi connectivity index (χ0n) is 16.4. The summed E-state index contributed by atoms with van der Waals surface area (Å²) in [5, 5.41) is 13.6. The number of rotatable bonds is 3. The number of nitrogens with one attached hydrogen (secondary N) is 2. The minimum Gasteiger partial charge on any atom is -0.362 e. The molecule has 5 rings (SSSR count). The number of halogens is 4. The Balaban J connectivity index is 1.52. The normalized spacial score (nSPS) is 18.2. The summed E-state index contributed by atoms with van der Waals surface area (Å²) in [4.78, 5) is 13.8. The molecule has 0 saturated carbocycles. The third-order valence-corrected chi connectivity index (χ3v) is 7.17. The fraction of sp³-hybridized carbons (Fsp3) is 0.182. The van der Waals surface area contributed by atoms with Gasteiger partial charge in [-0.1, -0.05) is 42.5 Å². The van der Waals surface area contributed by atoms with Gasteiger partial charge in [0.1, 0.15) is 5.82 Å². The number of aromatic nitrogens is 2. The van der Waals surface area contributed by atoms with Gasteiger partial charge in [0.05, 0.1) is 10.5 Å². The molecule has 5 nitrogen and oxygen atoms in total. The number of carbonyl (C=O) groups is 1. The molecule has 3 heterocycles. The molecular weight excluding hydrogens is 505 g/mol. The first kappa shape index (κ1) is 21.0. The van der Waals surface area contributed by atoms with Gasteiger partial charge < -0.3 is 10.6 Å². The third-order valence-electron chi connectivity index (χ3n) is 5.44. The molecule has 0 spiro atoms. The van der Waals surface area contributed by atoms with Crippen LogP contribution in [0, 0.1) is 0 Å². The van der Waals surface area contributed by atoms with Crippen LogP contribution in [0.15, 0.2) is 64.5 Å². The SMILES string of the molecule is O=C(Nc1cccc2ccccc12)c1nn2c(c1Br)N[C@H](c1cccs1)C[C@@H]2C(F)(F)F. The molecule has 10 heteroatoms. The maximum atomic E-state index is 13.9. The van der Waals surface area contributed by atoms with Crippen molar-refractivity contribution in [1.82, 2.24) is 9.78 Å². The van der Waals surface area contributed by atoms with E-state index < -0.39 is 24.2 Å². The fourth-order valence-corrected chi connectivity index (χ4v) is 5.27. The van der Waals surface area contributed by atoms with E-state index >= 15 is 0 Å². The Bertz CT molecular complexity index is 1300. The molecule has 0 radical (unpaired) electrons. The van der Waals surface area contributed by atoms with Crippen LogP contribution in [0.2, 0.25) is 0 Å². The first-order valence-electron chi connectivity index (χ1n) is 9.76. The molecule has 2 aromatic heterocycles. The number of hydrogen-bond donors (Lipinski definition) is 2. The summed E-state index contributed by atoms with van der Waals surface area (Å²) in [6, 6.07) is 14.2. The van der Waals surface area contributed by atoms with Crippen molar-refractivity contribution in [1.29, 1.82) is 0 Å². The maximum absolute atomic E-state index is 13.9. The van der Waals surface area contributed by atoms with E-state index in [2.05, 4.69) is 31.7 Å². The quantitative estimate of drug-likeness (QED) is 0.313. The molecule has 0 saturated heterocycles. The van der Waals surface area contributed by atoms with E-state index in [0.29, 0.717) is 5.69 Å². The lowest BCUT2D eigenvalue weighted by Crippen LogP contribution is -2.35. The van der Waals surface area contributed by atoms with E-state index in [-0.39, 0.29) is 22.4 Å². The molecule has 4 aromatic rings. The minimum absolute atomic E-state index is 0.110. The van der Waals surface area contributed by atoms with Crippen LogP contribution < -0.4 is 10.6 Å². The third kappa shape index (κ3) is 3.67. The first-order chi connectivity index (χ1) is 15.3. The van der Waals surface area contributed by atoms with E-state index in [4.69, 9.17) is 0 Å². The summed E-state index contributed by atoms with van der Waals surface area (Å²) in [5.41, 5.74) is 0.448. The van der Waals surface area contributed by atoms with Crippen LogP contribution in [-0.2, 0) is 0 Å². The topological polar surface area (TPSA) is 59.0 Å². The van der Waals surface area contributed by atoms with Crippen LogP contribution in [0.3, 0.4) is 0 Å². The highest BCUT2D eigenvalue weighted by atomic mass is 79.9. The van der Waals surface area contributed by atoms with Crippen LogP contribution in [0.5, 0.6) is 0 Å². The molecule has 32 heavy (non-hydrogen) atoms. The minimum atomic E-state index is -4.51. The van der Waals surface area contributed by atoms with Crippen molar-refractivity contribution in [2.24, 2.45) is 0 Å². The summed E-state index contributed by atoms with van der Waals surface area (Å²) in [6.07, 6.45) is -4.73. The van der Waals surface area contributed by atoms with E-state index in [0.717, 1.165) is 20.3 Å². The Kier molecular flexibility index (Phi) is 5.21. The van der Waals surface area contributed by atoms with Crippen LogP contribution >= 0.6 is 27.3 Å². The predicted octanol–water partition coefficient (Wildman–Crippen LogP) is 6.77. The second kappa shape index (κ2) is 7.93. The van der Waals surface area contributed by atoms with E-state index in [9.17, 15) is 18.0 Å². The van der Waals surface area contributed by atoms with Crippen molar-refractivity contribution >= 4 is 55.5 Å². The number of carbonyl (C=O) groups excluding carboxylic acids is 1. The van der Waals surface area contributed by atoms with Gasteiger partial charge in [-0.15, -0.1) is 11.3 Å². The number of alkyl halides is 3. The number of anilines is 2. The number of benzene rings is 2. The average Bonchev–Trinajstić information content (AvgIpc) is 3.41. The van der Waals surface area contributed by atoms with Gasteiger partial charge in [0.2, 0.25) is 0 Å². The number of thiophene rings is 1. The molecule has 0 aliphatic carbocycles. The van der Waals surface area contributed by atoms with Gasteiger partial charge in [0.15, 0.2) is 11.7 Å². The Morgan fingerprint density at radius 3 is 2.69 bits per heavy atom. The Morgan fingerprint density at radius 2 is 1.94 bits per heavy atom. The Morgan fingerprint density at radius 1 is 1.16 bits per heavy atom.